The van der Waals surface area contributed by atoms with Crippen LogP contribution in [0.15, 0.2) is 112 Å². The Balaban J connectivity index is 1.31. The van der Waals surface area contributed by atoms with E-state index in [0.29, 0.717) is 12.2 Å². The predicted molar refractivity (Wildman–Crippen MR) is 208 cm³/mol. The van der Waals surface area contributed by atoms with E-state index in [1.165, 1.54) is 15.6 Å². The molecule has 0 fully saturated rings. The lowest BCUT2D eigenvalue weighted by atomic mass is 10.0. The van der Waals surface area contributed by atoms with E-state index in [9.17, 15) is 18.3 Å². The molecule has 3 N–H and O–H groups in total. The molecule has 0 saturated carbocycles. The summed E-state index contributed by atoms with van der Waals surface area (Å²) in [4.78, 5) is 18.0. The lowest BCUT2D eigenvalue weighted by Crippen LogP contribution is -2.52. The molecule has 0 aliphatic rings. The number of rotatable bonds is 16. The molecular formula is C39H43BrN4O5S2. The Bertz CT molecular complexity index is 1980. The number of carbonyl (C=O) groups excluding carboxylic acids is 1. The summed E-state index contributed by atoms with van der Waals surface area (Å²) >= 11 is 4.94. The molecule has 0 aliphatic carbocycles. The van der Waals surface area contributed by atoms with E-state index < -0.39 is 28.1 Å². The highest BCUT2D eigenvalue weighted by molar-refractivity contribution is 9.10. The molecule has 0 radical (unpaired) electrons. The average Bonchev–Trinajstić information content (AvgIpc) is 3.56. The van der Waals surface area contributed by atoms with Crippen molar-refractivity contribution in [3.05, 3.63) is 124 Å². The summed E-state index contributed by atoms with van der Waals surface area (Å²) in [7, 11) is -4.02. The van der Waals surface area contributed by atoms with Crippen molar-refractivity contribution in [1.29, 1.82) is 0 Å². The van der Waals surface area contributed by atoms with Gasteiger partial charge in [0.15, 0.2) is 11.7 Å². The van der Waals surface area contributed by atoms with Crippen LogP contribution in [0, 0.1) is 19.8 Å². The molecule has 2 atom stereocenters. The molecule has 51 heavy (non-hydrogen) atoms. The minimum absolute atomic E-state index is 0.0234. The van der Waals surface area contributed by atoms with E-state index in [2.05, 4.69) is 31.5 Å². The van der Waals surface area contributed by atoms with Crippen molar-refractivity contribution in [3.8, 4) is 17.0 Å². The molecule has 268 valence electrons. The zero-order valence-corrected chi connectivity index (χ0v) is 32.3. The van der Waals surface area contributed by atoms with Gasteiger partial charge in [-0.15, -0.1) is 11.3 Å². The van der Waals surface area contributed by atoms with Gasteiger partial charge in [0.1, 0.15) is 5.75 Å². The highest BCUT2D eigenvalue weighted by Gasteiger charge is 2.31. The van der Waals surface area contributed by atoms with Crippen LogP contribution >= 0.6 is 27.3 Å². The van der Waals surface area contributed by atoms with Crippen molar-refractivity contribution in [3.63, 3.8) is 0 Å². The summed E-state index contributed by atoms with van der Waals surface area (Å²) < 4.78 is 36.3. The van der Waals surface area contributed by atoms with Gasteiger partial charge in [-0.2, -0.15) is 4.31 Å². The fraction of sp³-hybridized carbons (Fsp3) is 0.282. The van der Waals surface area contributed by atoms with Gasteiger partial charge in [-0.1, -0.05) is 90.4 Å². The van der Waals surface area contributed by atoms with Crippen LogP contribution in [0.2, 0.25) is 0 Å². The third kappa shape index (κ3) is 10.5. The number of aliphatic hydroxyl groups is 1. The van der Waals surface area contributed by atoms with Crippen molar-refractivity contribution >= 4 is 54.0 Å². The van der Waals surface area contributed by atoms with Crippen LogP contribution in [0.5, 0.6) is 5.75 Å². The summed E-state index contributed by atoms with van der Waals surface area (Å²) in [6.45, 7) is 7.37. The largest absolute Gasteiger partial charge is 0.483 e. The fourth-order valence-electron chi connectivity index (χ4n) is 5.73. The third-order valence-electron chi connectivity index (χ3n) is 8.16. The minimum atomic E-state index is -4.02. The number of thiazole rings is 1. The first-order valence-electron chi connectivity index (χ1n) is 16.7. The maximum atomic E-state index is 14.1. The number of halogens is 1. The van der Waals surface area contributed by atoms with E-state index in [-0.39, 0.29) is 30.5 Å². The van der Waals surface area contributed by atoms with Crippen molar-refractivity contribution in [2.45, 2.75) is 51.2 Å². The maximum absolute atomic E-state index is 14.1. The molecule has 1 aromatic heterocycles. The van der Waals surface area contributed by atoms with Crippen molar-refractivity contribution in [2.75, 3.05) is 25.0 Å². The van der Waals surface area contributed by atoms with Crippen LogP contribution in [0.4, 0.5) is 10.8 Å². The first-order chi connectivity index (χ1) is 24.4. The number of aliphatic hydroxyl groups excluding tert-OH is 1. The second-order valence-electron chi connectivity index (χ2n) is 12.9. The number of aromatic nitrogens is 1. The lowest BCUT2D eigenvalue weighted by Gasteiger charge is -2.31. The number of hydrogen-bond donors (Lipinski definition) is 3. The molecule has 0 saturated heterocycles. The Hall–Kier alpha value is -4.07. The van der Waals surface area contributed by atoms with E-state index in [1.807, 2.05) is 106 Å². The van der Waals surface area contributed by atoms with Crippen molar-refractivity contribution in [1.82, 2.24) is 14.6 Å². The van der Waals surface area contributed by atoms with E-state index in [1.54, 1.807) is 24.3 Å². The maximum Gasteiger partial charge on any atom is 0.258 e. The fourth-order valence-corrected chi connectivity index (χ4v) is 8.78. The van der Waals surface area contributed by atoms with Crippen LogP contribution in [-0.4, -0.2) is 60.6 Å². The van der Waals surface area contributed by atoms with Crippen LogP contribution in [0.1, 0.15) is 30.5 Å². The highest BCUT2D eigenvalue weighted by Crippen LogP contribution is 2.29. The number of amides is 1. The minimum Gasteiger partial charge on any atom is -0.483 e. The van der Waals surface area contributed by atoms with Gasteiger partial charge in [0.2, 0.25) is 10.0 Å². The summed E-state index contributed by atoms with van der Waals surface area (Å²) in [6, 6.07) is 28.9. The molecule has 0 unspecified atom stereocenters. The van der Waals surface area contributed by atoms with Gasteiger partial charge in [0.05, 0.1) is 22.7 Å². The number of hydrogen-bond acceptors (Lipinski definition) is 8. The Morgan fingerprint density at radius 1 is 0.941 bits per heavy atom. The molecule has 9 nitrogen and oxygen atoms in total. The molecule has 1 heterocycles. The summed E-state index contributed by atoms with van der Waals surface area (Å²) in [5.74, 6) is 0.173. The number of para-hydroxylation sites is 1. The summed E-state index contributed by atoms with van der Waals surface area (Å²) in [6.07, 6.45) is -0.924. The number of nitrogens with zero attached hydrogens (tertiary/aromatic N) is 2. The van der Waals surface area contributed by atoms with E-state index >= 15 is 0 Å². The Kier molecular flexibility index (Phi) is 13.0. The highest BCUT2D eigenvalue weighted by atomic mass is 79.9. The van der Waals surface area contributed by atoms with Gasteiger partial charge in [0.25, 0.3) is 5.91 Å². The number of anilines is 2. The quantitative estimate of drug-likeness (QED) is 0.0936. The molecule has 5 rings (SSSR count). The third-order valence-corrected chi connectivity index (χ3v) is 11.2. The summed E-state index contributed by atoms with van der Waals surface area (Å²) in [5.41, 5.74) is 5.09. The smallest absolute Gasteiger partial charge is 0.258 e. The molecule has 5 aromatic rings. The molecule has 0 aliphatic heterocycles. The number of ether oxygens (including phenoxy) is 1. The number of benzene rings is 4. The van der Waals surface area contributed by atoms with Gasteiger partial charge in [0, 0.05) is 34.2 Å². The van der Waals surface area contributed by atoms with Crippen molar-refractivity contribution < 1.29 is 23.1 Å². The average molecular weight is 792 g/mol. The molecule has 1 amide bonds. The molecule has 4 aromatic carbocycles. The zero-order valence-electron chi connectivity index (χ0n) is 29.0. The normalized spacial score (nSPS) is 12.9. The zero-order chi connectivity index (χ0) is 36.5. The summed E-state index contributed by atoms with van der Waals surface area (Å²) in [5, 5.41) is 20.5. The van der Waals surface area contributed by atoms with Crippen molar-refractivity contribution in [2.24, 2.45) is 5.92 Å². The SMILES string of the molecule is Cc1cc(Br)cc(C)c1OCC(=O)N[C@@H](Cc1ccccc1)[C@H](O)CN(CC(C)C)S(=O)(=O)c1ccc(-c2csc(Nc3ccccc3)n2)cc1. The van der Waals surface area contributed by atoms with Gasteiger partial charge < -0.3 is 20.5 Å². The van der Waals surface area contributed by atoms with Gasteiger partial charge >= 0.3 is 0 Å². The first-order valence-corrected chi connectivity index (χ1v) is 19.8. The second kappa shape index (κ2) is 17.4. The Morgan fingerprint density at radius 2 is 1.57 bits per heavy atom. The van der Waals surface area contributed by atoms with Crippen LogP contribution in [0.25, 0.3) is 11.3 Å². The topological polar surface area (TPSA) is 121 Å². The molecular weight excluding hydrogens is 748 g/mol. The van der Waals surface area contributed by atoms with Crippen LogP contribution in [-0.2, 0) is 21.2 Å². The molecule has 0 bridgehead atoms. The molecule has 12 heteroatoms. The van der Waals surface area contributed by atoms with Crippen LogP contribution in [0.3, 0.4) is 0 Å². The number of sulfonamides is 1. The van der Waals surface area contributed by atoms with E-state index in [0.717, 1.165) is 43.2 Å². The van der Waals surface area contributed by atoms with Crippen LogP contribution < -0.4 is 15.4 Å². The monoisotopic (exact) mass is 790 g/mol. The standard InChI is InChI=1S/C39H43BrN4O5S2/c1-26(2)22-44(51(47,48)33-17-15-30(16-18-33)35-25-50-39(43-35)41-32-13-9-6-10-14-32)23-36(45)34(21-29-11-7-5-8-12-29)42-37(46)24-49-38-27(3)19-31(40)20-28(38)4/h5-20,25-26,34,36,45H,21-24H2,1-4H3,(H,41,43)(H,42,46)/t34-,36+/m0/s1. The Morgan fingerprint density at radius 3 is 2.20 bits per heavy atom. The predicted octanol–water partition coefficient (Wildman–Crippen LogP) is 7.75. The van der Waals surface area contributed by atoms with Gasteiger partial charge in [-0.05, 0) is 79.3 Å². The number of aryl methyl sites for hydroxylation is 2. The lowest BCUT2D eigenvalue weighted by molar-refractivity contribution is -0.124. The van der Waals surface area contributed by atoms with Gasteiger partial charge in [-0.3, -0.25) is 4.79 Å². The van der Waals surface area contributed by atoms with E-state index in [4.69, 9.17) is 4.74 Å². The molecule has 0 spiro atoms. The first kappa shape index (κ1) is 38.2. The van der Waals surface area contributed by atoms with Gasteiger partial charge in [-0.25, -0.2) is 13.4 Å². The number of carbonyl (C=O) groups is 1. The second-order valence-corrected chi connectivity index (χ2v) is 16.6. The Labute approximate surface area is 312 Å². The number of nitrogens with one attached hydrogen (secondary N) is 2.